The van der Waals surface area contributed by atoms with Crippen LogP contribution < -0.4 is 0 Å². The highest BCUT2D eigenvalue weighted by Crippen LogP contribution is 2.25. The van der Waals surface area contributed by atoms with Crippen LogP contribution in [0.4, 0.5) is 4.39 Å². The number of rotatable bonds is 2. The van der Waals surface area contributed by atoms with Gasteiger partial charge in [-0.1, -0.05) is 12.1 Å². The average molecular weight is 295 g/mol. The van der Waals surface area contributed by atoms with Crippen molar-refractivity contribution in [3.63, 3.8) is 0 Å². The van der Waals surface area contributed by atoms with Crippen LogP contribution in [-0.4, -0.2) is 37.9 Å². The fraction of sp³-hybridized carbons (Fsp3) is 0.400. The first-order chi connectivity index (χ1) is 8.24. The van der Waals surface area contributed by atoms with Gasteiger partial charge in [0, 0.05) is 24.9 Å². The number of hydrogen-bond acceptors (Lipinski definition) is 3. The van der Waals surface area contributed by atoms with Crippen LogP contribution >= 0.6 is 20.5 Å². The fourth-order valence-electron chi connectivity index (χ4n) is 1.52. The third-order valence-corrected chi connectivity index (χ3v) is 2.58. The van der Waals surface area contributed by atoms with Crippen molar-refractivity contribution in [2.45, 2.75) is 11.8 Å². The molecule has 3 N–H and O–H groups in total. The van der Waals surface area contributed by atoms with Crippen molar-refractivity contribution in [1.29, 1.82) is 0 Å². The van der Waals surface area contributed by atoms with Crippen LogP contribution in [0.15, 0.2) is 24.3 Å². The van der Waals surface area contributed by atoms with Crippen molar-refractivity contribution in [2.75, 3.05) is 13.1 Å². The molecule has 0 atom stereocenters. The first-order valence-corrected chi connectivity index (χ1v) is 7.25. The maximum Gasteiger partial charge on any atom is 0.466 e. The van der Waals surface area contributed by atoms with E-state index in [4.69, 9.17) is 19.2 Å². The minimum atomic E-state index is -4.64. The van der Waals surface area contributed by atoms with Crippen molar-refractivity contribution in [3.05, 3.63) is 35.6 Å². The molecule has 0 spiro atoms. The van der Waals surface area contributed by atoms with Gasteiger partial charge in [-0.3, -0.25) is 4.90 Å². The molecule has 5 nitrogen and oxygen atoms in total. The molecule has 102 valence electrons. The Bertz CT molecular complexity index is 410. The monoisotopic (exact) mass is 295 g/mol. The molecule has 0 saturated carbocycles. The van der Waals surface area contributed by atoms with Gasteiger partial charge in [-0.05, 0) is 17.7 Å². The molecule has 1 aromatic rings. The molecule has 0 amide bonds. The summed E-state index contributed by atoms with van der Waals surface area (Å²) in [6.07, 6.45) is 0. The van der Waals surface area contributed by atoms with E-state index in [1.807, 2.05) is 12.1 Å². The van der Waals surface area contributed by atoms with Crippen LogP contribution in [0.25, 0.3) is 0 Å². The minimum Gasteiger partial charge on any atom is -0.303 e. The van der Waals surface area contributed by atoms with Crippen molar-refractivity contribution in [3.8, 4) is 0 Å². The maximum absolute atomic E-state index is 12.6. The van der Waals surface area contributed by atoms with Crippen LogP contribution in [0.1, 0.15) is 5.56 Å². The Morgan fingerprint density at radius 3 is 2.11 bits per heavy atom. The van der Waals surface area contributed by atoms with Crippen LogP contribution in [0, 0.1) is 5.82 Å². The molecule has 0 bridgehead atoms. The van der Waals surface area contributed by atoms with E-state index in [1.165, 1.54) is 17.7 Å². The van der Waals surface area contributed by atoms with Gasteiger partial charge in [-0.25, -0.2) is 8.96 Å². The van der Waals surface area contributed by atoms with Gasteiger partial charge in [0.15, 0.2) is 0 Å². The smallest absolute Gasteiger partial charge is 0.303 e. The molecule has 18 heavy (non-hydrogen) atoms. The number of halogens is 1. The molecule has 8 heteroatoms. The van der Waals surface area contributed by atoms with Crippen molar-refractivity contribution < 1.29 is 23.6 Å². The number of likely N-dealkylation sites (tertiary alicyclic amines) is 1. The van der Waals surface area contributed by atoms with Gasteiger partial charge in [0.2, 0.25) is 0 Å². The second-order valence-electron chi connectivity index (χ2n) is 3.99. The minimum absolute atomic E-state index is 0.167. The maximum atomic E-state index is 12.6. The molecule has 1 aliphatic heterocycles. The lowest BCUT2D eigenvalue weighted by Crippen LogP contribution is -2.46. The summed E-state index contributed by atoms with van der Waals surface area (Å²) >= 11 is 4.33. The van der Waals surface area contributed by atoms with E-state index in [1.54, 1.807) is 0 Å². The van der Waals surface area contributed by atoms with Gasteiger partial charge in [-0.2, -0.15) is 12.6 Å². The quantitative estimate of drug-likeness (QED) is 0.484. The molecule has 1 saturated heterocycles. The summed E-state index contributed by atoms with van der Waals surface area (Å²) in [6, 6.07) is 6.68. The fourth-order valence-corrected chi connectivity index (χ4v) is 1.98. The zero-order valence-electron chi connectivity index (χ0n) is 9.48. The predicted octanol–water partition coefficient (Wildman–Crippen LogP) is 1.01. The van der Waals surface area contributed by atoms with Crippen molar-refractivity contribution in [2.24, 2.45) is 0 Å². The van der Waals surface area contributed by atoms with Gasteiger partial charge >= 0.3 is 7.82 Å². The van der Waals surface area contributed by atoms with Crippen LogP contribution in [0.2, 0.25) is 0 Å². The first-order valence-electron chi connectivity index (χ1n) is 5.17. The Morgan fingerprint density at radius 1 is 1.28 bits per heavy atom. The van der Waals surface area contributed by atoms with Crippen LogP contribution in [0.3, 0.4) is 0 Å². The van der Waals surface area contributed by atoms with E-state index in [0.29, 0.717) is 5.25 Å². The van der Waals surface area contributed by atoms with Gasteiger partial charge < -0.3 is 14.7 Å². The molecular weight excluding hydrogens is 280 g/mol. The molecule has 1 aliphatic rings. The summed E-state index contributed by atoms with van der Waals surface area (Å²) in [5, 5.41) is 0.528. The average Bonchev–Trinajstić information content (AvgIpc) is 2.16. The number of hydrogen-bond donors (Lipinski definition) is 4. The van der Waals surface area contributed by atoms with Gasteiger partial charge in [0.05, 0.1) is 0 Å². The molecular formula is C10H15FNO4PS. The number of thiol groups is 1. The highest BCUT2D eigenvalue weighted by molar-refractivity contribution is 7.81. The zero-order chi connectivity index (χ0) is 13.8. The van der Waals surface area contributed by atoms with Crippen LogP contribution in [-0.2, 0) is 11.1 Å². The standard InChI is InChI=1S/C10H12FNS.H3O4P/c11-9-3-1-8(2-4-9)5-12-6-10(13)7-12;1-5(2,3)4/h1-4,10,13H,5-7H2;(H3,1,2,3,4). The largest absolute Gasteiger partial charge is 0.466 e. The lowest BCUT2D eigenvalue weighted by atomic mass is 10.1. The Balaban J connectivity index is 0.000000280. The van der Waals surface area contributed by atoms with E-state index in [9.17, 15) is 4.39 Å². The Kier molecular flexibility index (Phi) is 5.78. The molecule has 0 aromatic heterocycles. The molecule has 1 fully saturated rings. The Hall–Kier alpha value is -0.430. The van der Waals surface area contributed by atoms with Gasteiger partial charge in [0.25, 0.3) is 0 Å². The third kappa shape index (κ3) is 7.10. The molecule has 0 aliphatic carbocycles. The number of nitrogens with zero attached hydrogens (tertiary/aromatic N) is 1. The Morgan fingerprint density at radius 2 is 1.72 bits per heavy atom. The molecule has 2 rings (SSSR count). The van der Waals surface area contributed by atoms with E-state index >= 15 is 0 Å². The molecule has 0 radical (unpaired) electrons. The zero-order valence-corrected chi connectivity index (χ0v) is 11.3. The summed E-state index contributed by atoms with van der Waals surface area (Å²) in [6.45, 7) is 3.00. The van der Waals surface area contributed by atoms with Crippen molar-refractivity contribution in [1.82, 2.24) is 4.90 Å². The van der Waals surface area contributed by atoms with E-state index in [0.717, 1.165) is 19.6 Å². The molecule has 0 unspecified atom stereocenters. The predicted molar refractivity (Wildman–Crippen MR) is 68.7 cm³/mol. The van der Waals surface area contributed by atoms with Gasteiger partial charge in [-0.15, -0.1) is 0 Å². The lowest BCUT2D eigenvalue weighted by Gasteiger charge is -2.36. The summed E-state index contributed by atoms with van der Waals surface area (Å²) in [4.78, 5) is 23.9. The van der Waals surface area contributed by atoms with Crippen molar-refractivity contribution >= 4 is 20.5 Å². The molecule has 1 aromatic carbocycles. The normalized spacial score (nSPS) is 16.7. The van der Waals surface area contributed by atoms with E-state index in [-0.39, 0.29) is 5.82 Å². The Labute approximate surface area is 110 Å². The second-order valence-corrected chi connectivity index (χ2v) is 5.74. The third-order valence-electron chi connectivity index (χ3n) is 2.26. The first kappa shape index (κ1) is 15.6. The summed E-state index contributed by atoms with van der Waals surface area (Å²) in [7, 11) is -4.64. The van der Waals surface area contributed by atoms with E-state index in [2.05, 4.69) is 17.5 Å². The summed E-state index contributed by atoms with van der Waals surface area (Å²) in [5.41, 5.74) is 1.17. The van der Waals surface area contributed by atoms with E-state index < -0.39 is 7.82 Å². The van der Waals surface area contributed by atoms with Crippen LogP contribution in [0.5, 0.6) is 0 Å². The number of phosphoric acid groups is 1. The summed E-state index contributed by atoms with van der Waals surface area (Å²) < 4.78 is 21.4. The lowest BCUT2D eigenvalue weighted by molar-refractivity contribution is 0.182. The topological polar surface area (TPSA) is 81.0 Å². The SMILES string of the molecule is Fc1ccc(CN2CC(S)C2)cc1.O=P(O)(O)O. The second kappa shape index (κ2) is 6.65. The highest BCUT2D eigenvalue weighted by Gasteiger charge is 2.22. The highest BCUT2D eigenvalue weighted by atomic mass is 32.1. The number of benzene rings is 1. The molecule has 1 heterocycles. The van der Waals surface area contributed by atoms with Gasteiger partial charge in [0.1, 0.15) is 5.82 Å². The summed E-state index contributed by atoms with van der Waals surface area (Å²) in [5.74, 6) is -0.167.